The third kappa shape index (κ3) is 4.18. The molecule has 0 amide bonds. The van der Waals surface area contributed by atoms with Gasteiger partial charge in [-0.3, -0.25) is 0 Å². The summed E-state index contributed by atoms with van der Waals surface area (Å²) in [6, 6.07) is 18.3. The lowest BCUT2D eigenvalue weighted by atomic mass is 10.1. The number of anilines is 2. The van der Waals surface area contributed by atoms with Crippen molar-refractivity contribution in [3.63, 3.8) is 0 Å². The number of halogens is 3. The van der Waals surface area contributed by atoms with Crippen molar-refractivity contribution >= 4 is 34.6 Å². The van der Waals surface area contributed by atoms with Crippen molar-refractivity contribution in [2.45, 2.75) is 13.2 Å². The van der Waals surface area contributed by atoms with Gasteiger partial charge in [0.05, 0.1) is 11.4 Å². The first-order valence-corrected chi connectivity index (χ1v) is 9.79. The molecule has 144 valence electrons. The van der Waals surface area contributed by atoms with Crippen LogP contribution in [0.1, 0.15) is 11.1 Å². The number of ether oxygens (including phenoxy) is 1. The Morgan fingerprint density at radius 3 is 2.61 bits per heavy atom. The molecule has 3 aromatic rings. The fraction of sp³-hybridized carbons (Fsp3) is 0.182. The molecule has 0 saturated heterocycles. The van der Waals surface area contributed by atoms with E-state index in [1.54, 1.807) is 18.2 Å². The summed E-state index contributed by atoms with van der Waals surface area (Å²) in [5.41, 5.74) is 3.67. The molecule has 0 aliphatic carbocycles. The van der Waals surface area contributed by atoms with Crippen LogP contribution in [0.25, 0.3) is 0 Å². The maximum absolute atomic E-state index is 14.1. The summed E-state index contributed by atoms with van der Waals surface area (Å²) < 4.78 is 20.0. The van der Waals surface area contributed by atoms with E-state index in [4.69, 9.17) is 27.9 Å². The molecule has 0 aromatic heterocycles. The molecule has 0 unspecified atom stereocenters. The summed E-state index contributed by atoms with van der Waals surface area (Å²) >= 11 is 12.1. The largest absolute Gasteiger partial charge is 0.488 e. The molecule has 0 spiro atoms. The highest BCUT2D eigenvalue weighted by atomic mass is 35.5. The molecule has 6 heteroatoms. The molecule has 0 atom stereocenters. The number of rotatable bonds is 5. The maximum Gasteiger partial charge on any atom is 0.131 e. The topological polar surface area (TPSA) is 24.5 Å². The average Bonchev–Trinajstić information content (AvgIpc) is 2.69. The highest BCUT2D eigenvalue weighted by Gasteiger charge is 2.18. The van der Waals surface area contributed by atoms with Crippen LogP contribution in [0.2, 0.25) is 10.0 Å². The van der Waals surface area contributed by atoms with Gasteiger partial charge >= 0.3 is 0 Å². The van der Waals surface area contributed by atoms with Crippen molar-refractivity contribution in [1.29, 1.82) is 0 Å². The van der Waals surface area contributed by atoms with Gasteiger partial charge in [0.2, 0.25) is 0 Å². The van der Waals surface area contributed by atoms with Crippen molar-refractivity contribution in [3.8, 4) is 5.75 Å². The molecule has 0 bridgehead atoms. The number of hydrogen-bond acceptors (Lipinski definition) is 3. The van der Waals surface area contributed by atoms with E-state index in [2.05, 4.69) is 22.3 Å². The number of benzene rings is 3. The van der Waals surface area contributed by atoms with Crippen LogP contribution in [0, 0.1) is 5.82 Å². The van der Waals surface area contributed by atoms with Crippen molar-refractivity contribution in [3.05, 3.63) is 87.7 Å². The number of fused-ring (bicyclic) bond motifs is 1. The van der Waals surface area contributed by atoms with E-state index in [0.717, 1.165) is 30.0 Å². The minimum atomic E-state index is -0.376. The van der Waals surface area contributed by atoms with Gasteiger partial charge in [0.15, 0.2) is 0 Å². The van der Waals surface area contributed by atoms with E-state index in [9.17, 15) is 4.39 Å². The Morgan fingerprint density at radius 2 is 1.75 bits per heavy atom. The molecule has 4 rings (SSSR count). The second-order valence-corrected chi connectivity index (χ2v) is 7.51. The van der Waals surface area contributed by atoms with Crippen molar-refractivity contribution in [2.24, 2.45) is 0 Å². The lowest BCUT2D eigenvalue weighted by Gasteiger charge is -2.32. The third-order valence-electron chi connectivity index (χ3n) is 4.72. The zero-order valence-electron chi connectivity index (χ0n) is 15.1. The van der Waals surface area contributed by atoms with E-state index >= 15 is 0 Å². The van der Waals surface area contributed by atoms with Gasteiger partial charge < -0.3 is 15.0 Å². The highest BCUT2D eigenvalue weighted by molar-refractivity contribution is 6.30. The Labute approximate surface area is 173 Å². The van der Waals surface area contributed by atoms with Crippen LogP contribution in [0.3, 0.4) is 0 Å². The van der Waals surface area contributed by atoms with E-state index in [0.29, 0.717) is 27.9 Å². The van der Waals surface area contributed by atoms with E-state index in [-0.39, 0.29) is 12.4 Å². The predicted molar refractivity (Wildman–Crippen MR) is 113 cm³/mol. The van der Waals surface area contributed by atoms with Crippen LogP contribution in [-0.4, -0.2) is 13.1 Å². The van der Waals surface area contributed by atoms with Gasteiger partial charge in [-0.1, -0.05) is 41.4 Å². The van der Waals surface area contributed by atoms with Crippen molar-refractivity contribution in [1.82, 2.24) is 0 Å². The standard InChI is InChI=1S/C22H19Cl2FN2O/c23-17-7-8-22(28-14-15-5-6-18(24)12-19(15)25)16(11-17)13-27-10-9-26-20-3-1-2-4-21(20)27/h1-8,11-12,26H,9-10,13-14H2. The van der Waals surface area contributed by atoms with Gasteiger partial charge in [-0.25, -0.2) is 4.39 Å². The maximum atomic E-state index is 14.1. The molecule has 1 aliphatic rings. The van der Waals surface area contributed by atoms with Gasteiger partial charge in [-0.15, -0.1) is 0 Å². The smallest absolute Gasteiger partial charge is 0.131 e. The third-order valence-corrected chi connectivity index (χ3v) is 5.19. The lowest BCUT2D eigenvalue weighted by Crippen LogP contribution is -2.33. The van der Waals surface area contributed by atoms with E-state index in [1.807, 2.05) is 24.3 Å². The monoisotopic (exact) mass is 416 g/mol. The zero-order valence-corrected chi connectivity index (χ0v) is 16.6. The summed E-state index contributed by atoms with van der Waals surface area (Å²) in [4.78, 5) is 2.28. The van der Waals surface area contributed by atoms with Crippen LogP contribution in [0.15, 0.2) is 60.7 Å². The minimum Gasteiger partial charge on any atom is -0.488 e. The van der Waals surface area contributed by atoms with Crippen LogP contribution >= 0.6 is 23.2 Å². The predicted octanol–water partition coefficient (Wildman–Crippen LogP) is 6.14. The van der Waals surface area contributed by atoms with Gasteiger partial charge in [0.25, 0.3) is 0 Å². The van der Waals surface area contributed by atoms with Gasteiger partial charge in [0, 0.05) is 40.8 Å². The van der Waals surface area contributed by atoms with Crippen LogP contribution in [0.4, 0.5) is 15.8 Å². The van der Waals surface area contributed by atoms with E-state index in [1.165, 1.54) is 6.07 Å². The molecule has 0 fully saturated rings. The van der Waals surface area contributed by atoms with Gasteiger partial charge in [-0.2, -0.15) is 0 Å². The Bertz CT molecular complexity index is 996. The molecule has 3 aromatic carbocycles. The number of para-hydroxylation sites is 2. The second-order valence-electron chi connectivity index (χ2n) is 6.64. The fourth-order valence-corrected chi connectivity index (χ4v) is 3.67. The molecular formula is C22H19Cl2FN2O. The van der Waals surface area contributed by atoms with Crippen molar-refractivity contribution in [2.75, 3.05) is 23.3 Å². The van der Waals surface area contributed by atoms with Gasteiger partial charge in [-0.05, 0) is 42.5 Å². The molecule has 1 aliphatic heterocycles. The first-order chi connectivity index (χ1) is 13.6. The normalized spacial score (nSPS) is 13.0. The van der Waals surface area contributed by atoms with Gasteiger partial charge in [0.1, 0.15) is 18.2 Å². The SMILES string of the molecule is Fc1cc(Cl)ccc1COc1ccc(Cl)cc1CN1CCNc2ccccc21. The average molecular weight is 417 g/mol. The first kappa shape index (κ1) is 18.9. The molecule has 1 heterocycles. The summed E-state index contributed by atoms with van der Waals surface area (Å²) in [5.74, 6) is 0.314. The quantitative estimate of drug-likeness (QED) is 0.540. The fourth-order valence-electron chi connectivity index (χ4n) is 3.32. The highest BCUT2D eigenvalue weighted by Crippen LogP contribution is 2.32. The zero-order chi connectivity index (χ0) is 19.5. The minimum absolute atomic E-state index is 0.121. The Hall–Kier alpha value is -2.43. The van der Waals surface area contributed by atoms with Crippen LogP contribution in [-0.2, 0) is 13.2 Å². The molecular weight excluding hydrogens is 398 g/mol. The van der Waals surface area contributed by atoms with Crippen LogP contribution < -0.4 is 15.0 Å². The van der Waals surface area contributed by atoms with E-state index < -0.39 is 0 Å². The summed E-state index contributed by atoms with van der Waals surface area (Å²) in [6.45, 7) is 2.51. The molecule has 28 heavy (non-hydrogen) atoms. The molecule has 3 nitrogen and oxygen atoms in total. The number of hydrogen-bond donors (Lipinski definition) is 1. The summed E-state index contributed by atoms with van der Waals surface area (Å²) in [7, 11) is 0. The van der Waals surface area contributed by atoms with Crippen LogP contribution in [0.5, 0.6) is 5.75 Å². The number of nitrogens with zero attached hydrogens (tertiary/aromatic N) is 1. The Kier molecular flexibility index (Phi) is 5.60. The lowest BCUT2D eigenvalue weighted by molar-refractivity contribution is 0.296. The molecule has 1 N–H and O–H groups in total. The summed E-state index contributed by atoms with van der Waals surface area (Å²) in [5, 5.41) is 4.42. The Morgan fingerprint density at radius 1 is 0.964 bits per heavy atom. The second kappa shape index (κ2) is 8.29. The summed E-state index contributed by atoms with van der Waals surface area (Å²) in [6.07, 6.45) is 0. The first-order valence-electron chi connectivity index (χ1n) is 9.03. The molecule has 0 saturated carbocycles. The van der Waals surface area contributed by atoms with Crippen molar-refractivity contribution < 1.29 is 9.13 Å². The Balaban J connectivity index is 1.56. The number of nitrogens with one attached hydrogen (secondary N) is 1. The molecule has 0 radical (unpaired) electrons.